The molecule has 1 aromatic rings. The lowest BCUT2D eigenvalue weighted by Crippen LogP contribution is -2.22. The largest absolute Gasteiger partial charge is 0.480 e. The van der Waals surface area contributed by atoms with Gasteiger partial charge in [-0.2, -0.15) is 0 Å². The molecule has 0 heterocycles. The lowest BCUT2D eigenvalue weighted by Gasteiger charge is -2.15. The number of benzene rings is 1. The number of esters is 1. The van der Waals surface area contributed by atoms with E-state index in [0.717, 1.165) is 12.0 Å². The summed E-state index contributed by atoms with van der Waals surface area (Å²) in [6.07, 6.45) is 1.53. The monoisotopic (exact) mass is 285 g/mol. The fourth-order valence-corrected chi connectivity index (χ4v) is 1.89. The summed E-state index contributed by atoms with van der Waals surface area (Å²) in [5, 5.41) is 0.477. The third kappa shape index (κ3) is 5.09. The average Bonchev–Trinajstić information content (AvgIpc) is 2.38. The molecule has 0 aliphatic heterocycles. The highest BCUT2D eigenvalue weighted by molar-refractivity contribution is 6.32. The molecule has 0 saturated carbocycles. The Bertz CT molecular complexity index is 423. The van der Waals surface area contributed by atoms with Crippen molar-refractivity contribution in [2.24, 2.45) is 5.73 Å². The van der Waals surface area contributed by atoms with Gasteiger partial charge in [0, 0.05) is 6.04 Å². The maximum absolute atomic E-state index is 11.3. The van der Waals surface area contributed by atoms with Gasteiger partial charge in [-0.05, 0) is 31.4 Å². The zero-order valence-electron chi connectivity index (χ0n) is 11.3. The molecular weight excluding hydrogens is 266 g/mol. The van der Waals surface area contributed by atoms with E-state index in [1.807, 2.05) is 19.1 Å². The molecule has 1 atom stereocenters. The lowest BCUT2D eigenvalue weighted by atomic mass is 10.0. The van der Waals surface area contributed by atoms with Crippen molar-refractivity contribution in [3.05, 3.63) is 28.8 Å². The number of carbonyl (C=O) groups excluding carboxylic acids is 1. The summed E-state index contributed by atoms with van der Waals surface area (Å²) >= 11 is 6.10. The maximum Gasteiger partial charge on any atom is 0.344 e. The van der Waals surface area contributed by atoms with E-state index in [9.17, 15) is 4.79 Å². The van der Waals surface area contributed by atoms with Crippen LogP contribution in [0.1, 0.15) is 25.8 Å². The third-order valence-corrected chi connectivity index (χ3v) is 2.99. The molecule has 1 unspecified atom stereocenters. The molecule has 1 aromatic carbocycles. The van der Waals surface area contributed by atoms with Crippen molar-refractivity contribution in [3.63, 3.8) is 0 Å². The van der Waals surface area contributed by atoms with Crippen LogP contribution in [0.3, 0.4) is 0 Å². The van der Waals surface area contributed by atoms with Gasteiger partial charge in [0.15, 0.2) is 6.61 Å². The lowest BCUT2D eigenvalue weighted by molar-refractivity contribution is -0.145. The quantitative estimate of drug-likeness (QED) is 0.782. The van der Waals surface area contributed by atoms with Gasteiger partial charge in [-0.25, -0.2) is 4.79 Å². The van der Waals surface area contributed by atoms with Crippen molar-refractivity contribution in [1.29, 1.82) is 0 Å². The van der Waals surface area contributed by atoms with Gasteiger partial charge in [-0.3, -0.25) is 0 Å². The first-order valence-corrected chi connectivity index (χ1v) is 6.77. The molecule has 5 heteroatoms. The summed E-state index contributed by atoms with van der Waals surface area (Å²) in [6.45, 7) is 3.96. The van der Waals surface area contributed by atoms with Crippen LogP contribution in [0, 0.1) is 0 Å². The molecule has 0 aliphatic carbocycles. The highest BCUT2D eigenvalue weighted by Crippen LogP contribution is 2.29. The Labute approximate surface area is 118 Å². The summed E-state index contributed by atoms with van der Waals surface area (Å²) in [5.41, 5.74) is 6.85. The summed E-state index contributed by atoms with van der Waals surface area (Å²) in [7, 11) is 0. The molecule has 0 spiro atoms. The van der Waals surface area contributed by atoms with Gasteiger partial charge in [0.1, 0.15) is 5.75 Å². The molecular formula is C14H20ClNO3. The van der Waals surface area contributed by atoms with Crippen LogP contribution >= 0.6 is 11.6 Å². The molecule has 0 aromatic heterocycles. The Morgan fingerprint density at radius 3 is 2.79 bits per heavy atom. The van der Waals surface area contributed by atoms with Gasteiger partial charge in [-0.15, -0.1) is 0 Å². The zero-order chi connectivity index (χ0) is 14.3. The first kappa shape index (κ1) is 15.8. The Morgan fingerprint density at radius 2 is 2.16 bits per heavy atom. The average molecular weight is 286 g/mol. The molecule has 4 nitrogen and oxygen atoms in total. The maximum atomic E-state index is 11.3. The van der Waals surface area contributed by atoms with Crippen molar-refractivity contribution < 1.29 is 14.3 Å². The summed E-state index contributed by atoms with van der Waals surface area (Å²) in [6, 6.07) is 5.52. The van der Waals surface area contributed by atoms with E-state index >= 15 is 0 Å². The molecule has 0 fully saturated rings. The molecule has 0 bridgehead atoms. The number of halogens is 1. The van der Waals surface area contributed by atoms with E-state index in [0.29, 0.717) is 23.8 Å². The molecule has 106 valence electrons. The van der Waals surface area contributed by atoms with Crippen molar-refractivity contribution in [2.75, 3.05) is 13.2 Å². The van der Waals surface area contributed by atoms with E-state index in [4.69, 9.17) is 26.8 Å². The normalized spacial score (nSPS) is 12.0. The van der Waals surface area contributed by atoms with Crippen LogP contribution in [0.25, 0.3) is 0 Å². The van der Waals surface area contributed by atoms with Gasteiger partial charge < -0.3 is 15.2 Å². The predicted molar refractivity (Wildman–Crippen MR) is 75.6 cm³/mol. The van der Waals surface area contributed by atoms with Gasteiger partial charge in [0.2, 0.25) is 0 Å². The van der Waals surface area contributed by atoms with Crippen LogP contribution in [-0.2, 0) is 16.0 Å². The summed E-state index contributed by atoms with van der Waals surface area (Å²) in [4.78, 5) is 11.3. The van der Waals surface area contributed by atoms with E-state index < -0.39 is 5.97 Å². The van der Waals surface area contributed by atoms with Gasteiger partial charge in [-0.1, -0.05) is 30.7 Å². The zero-order valence-corrected chi connectivity index (χ0v) is 12.1. The number of ether oxygens (including phenoxy) is 2. The topological polar surface area (TPSA) is 61.5 Å². The molecule has 0 aliphatic rings. The van der Waals surface area contributed by atoms with Crippen molar-refractivity contribution >= 4 is 17.6 Å². The molecule has 0 saturated heterocycles. The predicted octanol–water partition coefficient (Wildman–Crippen LogP) is 2.56. The first-order valence-electron chi connectivity index (χ1n) is 6.39. The van der Waals surface area contributed by atoms with E-state index in [-0.39, 0.29) is 12.6 Å². The Kier molecular flexibility index (Phi) is 6.67. The van der Waals surface area contributed by atoms with E-state index in [1.54, 1.807) is 13.0 Å². The summed E-state index contributed by atoms with van der Waals surface area (Å²) in [5.74, 6) is 0.106. The van der Waals surface area contributed by atoms with Crippen LogP contribution in [0.5, 0.6) is 5.75 Å². The highest BCUT2D eigenvalue weighted by atomic mass is 35.5. The number of carbonyl (C=O) groups is 1. The minimum atomic E-state index is -0.409. The van der Waals surface area contributed by atoms with Gasteiger partial charge >= 0.3 is 5.97 Å². The first-order chi connectivity index (χ1) is 9.08. The van der Waals surface area contributed by atoms with E-state index in [2.05, 4.69) is 0 Å². The van der Waals surface area contributed by atoms with Gasteiger partial charge in [0.05, 0.1) is 11.6 Å². The van der Waals surface area contributed by atoms with Crippen LogP contribution in [0.4, 0.5) is 0 Å². The second-order valence-electron chi connectivity index (χ2n) is 4.19. The van der Waals surface area contributed by atoms with Crippen LogP contribution in [0.15, 0.2) is 18.2 Å². The standard InChI is InChI=1S/C14H20ClNO3/c1-3-11(16)8-10-6-5-7-12(15)14(10)19-9-13(17)18-4-2/h5-7,11H,3-4,8-9,16H2,1-2H3. The molecule has 1 rings (SSSR count). The number of para-hydroxylation sites is 1. The molecule has 0 radical (unpaired) electrons. The second kappa shape index (κ2) is 8.02. The Balaban J connectivity index is 2.77. The fourth-order valence-electron chi connectivity index (χ4n) is 1.64. The number of hydrogen-bond acceptors (Lipinski definition) is 4. The molecule has 19 heavy (non-hydrogen) atoms. The van der Waals surface area contributed by atoms with E-state index in [1.165, 1.54) is 0 Å². The Hall–Kier alpha value is -1.26. The van der Waals surface area contributed by atoms with Crippen LogP contribution in [-0.4, -0.2) is 25.2 Å². The minimum Gasteiger partial charge on any atom is -0.480 e. The SMILES string of the molecule is CCOC(=O)COc1c(Cl)cccc1CC(N)CC. The van der Waals surface area contributed by atoms with Crippen LogP contribution in [0.2, 0.25) is 5.02 Å². The van der Waals surface area contributed by atoms with Crippen molar-refractivity contribution in [2.45, 2.75) is 32.7 Å². The van der Waals surface area contributed by atoms with Gasteiger partial charge in [0.25, 0.3) is 0 Å². The fraction of sp³-hybridized carbons (Fsp3) is 0.500. The van der Waals surface area contributed by atoms with Crippen molar-refractivity contribution in [3.8, 4) is 5.75 Å². The second-order valence-corrected chi connectivity index (χ2v) is 4.60. The number of rotatable bonds is 7. The number of nitrogens with two attached hydrogens (primary N) is 1. The molecule has 2 N–H and O–H groups in total. The minimum absolute atomic E-state index is 0.0448. The van der Waals surface area contributed by atoms with Crippen molar-refractivity contribution in [1.82, 2.24) is 0 Å². The Morgan fingerprint density at radius 1 is 1.42 bits per heavy atom. The number of hydrogen-bond donors (Lipinski definition) is 1. The smallest absolute Gasteiger partial charge is 0.344 e. The summed E-state index contributed by atoms with van der Waals surface area (Å²) < 4.78 is 10.3. The molecule has 0 amide bonds. The van der Waals surface area contributed by atoms with Crippen LogP contribution < -0.4 is 10.5 Å². The highest BCUT2D eigenvalue weighted by Gasteiger charge is 2.13. The third-order valence-electron chi connectivity index (χ3n) is 2.69.